The van der Waals surface area contributed by atoms with Crippen LogP contribution >= 0.6 is 0 Å². The van der Waals surface area contributed by atoms with E-state index in [4.69, 9.17) is 0 Å². The van der Waals surface area contributed by atoms with Gasteiger partial charge < -0.3 is 15.3 Å². The second-order valence-electron chi connectivity index (χ2n) is 7.80. The van der Waals surface area contributed by atoms with Crippen molar-refractivity contribution in [2.24, 2.45) is 0 Å². The summed E-state index contributed by atoms with van der Waals surface area (Å²) < 4.78 is 0. The van der Waals surface area contributed by atoms with E-state index in [1.54, 1.807) is 0 Å². The van der Waals surface area contributed by atoms with Crippen molar-refractivity contribution in [3.05, 3.63) is 59.4 Å². The molecule has 132 valence electrons. The maximum absolute atomic E-state index is 10.0. The Labute approximate surface area is 149 Å². The quantitative estimate of drug-likeness (QED) is 0.900. The molecule has 4 heteroatoms. The molecule has 25 heavy (non-hydrogen) atoms. The molecule has 4 nitrogen and oxygen atoms in total. The summed E-state index contributed by atoms with van der Waals surface area (Å²) >= 11 is 0. The van der Waals surface area contributed by atoms with E-state index < -0.39 is 0 Å². The zero-order valence-electron chi connectivity index (χ0n) is 15.1. The number of aromatic nitrogens is 1. The average molecular weight is 337 g/mol. The van der Waals surface area contributed by atoms with E-state index in [1.807, 2.05) is 24.5 Å². The van der Waals surface area contributed by atoms with Crippen molar-refractivity contribution in [2.75, 3.05) is 20.1 Å². The number of likely N-dealkylation sites (N-methyl/N-ethyl adjacent to an activating group) is 1. The predicted molar refractivity (Wildman–Crippen MR) is 99.9 cm³/mol. The fraction of sp³-hybridized carbons (Fsp3) is 0.476. The van der Waals surface area contributed by atoms with Crippen LogP contribution in [0.15, 0.2) is 42.7 Å². The smallest absolute Gasteiger partial charge is 0.115 e. The maximum Gasteiger partial charge on any atom is 0.115 e. The number of hydrogen-bond donors (Lipinski definition) is 2. The zero-order chi connectivity index (χ0) is 17.4. The van der Waals surface area contributed by atoms with Gasteiger partial charge in [0.1, 0.15) is 5.75 Å². The van der Waals surface area contributed by atoms with Gasteiger partial charge >= 0.3 is 0 Å². The third kappa shape index (κ3) is 2.94. The number of phenolic OH excluding ortho intramolecular Hbond substituents is 1. The molecule has 2 aliphatic rings. The van der Waals surface area contributed by atoms with Crippen LogP contribution in [0.3, 0.4) is 0 Å². The van der Waals surface area contributed by atoms with E-state index in [9.17, 15) is 5.11 Å². The van der Waals surface area contributed by atoms with Gasteiger partial charge in [0.15, 0.2) is 0 Å². The van der Waals surface area contributed by atoms with Gasteiger partial charge in [-0.05, 0) is 80.4 Å². The number of benzene rings is 1. The predicted octanol–water partition coefficient (Wildman–Crippen LogP) is 2.51. The molecule has 1 fully saturated rings. The minimum Gasteiger partial charge on any atom is -0.508 e. The molecule has 2 aromatic rings. The molecule has 1 aromatic carbocycles. The number of hydrogen-bond acceptors (Lipinski definition) is 4. The SMILES string of the molecule is CN1CCC2(C)c3cc(O)ccc3C[C@@H]1[C@H]2NCCc1ccncc1. The Hall–Kier alpha value is -1.91. The summed E-state index contributed by atoms with van der Waals surface area (Å²) in [6, 6.07) is 11.0. The molecule has 1 aliphatic heterocycles. The lowest BCUT2D eigenvalue weighted by atomic mass is 9.61. The highest BCUT2D eigenvalue weighted by Gasteiger charge is 2.49. The normalized spacial score (nSPS) is 28.6. The summed E-state index contributed by atoms with van der Waals surface area (Å²) in [5, 5.41) is 13.9. The summed E-state index contributed by atoms with van der Waals surface area (Å²) in [7, 11) is 2.24. The minimum atomic E-state index is 0.0712. The molecular weight excluding hydrogens is 310 g/mol. The lowest BCUT2D eigenvalue weighted by molar-refractivity contribution is 0.0663. The van der Waals surface area contributed by atoms with Crippen LogP contribution in [0.2, 0.25) is 0 Å². The molecule has 0 amide bonds. The van der Waals surface area contributed by atoms with Crippen LogP contribution < -0.4 is 5.32 Å². The van der Waals surface area contributed by atoms with E-state index in [0.717, 1.165) is 32.4 Å². The first-order valence-electron chi connectivity index (χ1n) is 9.23. The topological polar surface area (TPSA) is 48.4 Å². The number of piperidine rings is 1. The third-order valence-electron chi connectivity index (χ3n) is 6.29. The first-order valence-corrected chi connectivity index (χ1v) is 9.23. The molecule has 3 atom stereocenters. The van der Waals surface area contributed by atoms with Crippen molar-refractivity contribution in [3.8, 4) is 5.75 Å². The number of rotatable bonds is 4. The first kappa shape index (κ1) is 16.6. The highest BCUT2D eigenvalue weighted by Crippen LogP contribution is 2.45. The fourth-order valence-corrected chi connectivity index (χ4v) is 4.77. The van der Waals surface area contributed by atoms with Gasteiger partial charge in [-0.15, -0.1) is 0 Å². The number of nitrogens with zero attached hydrogens (tertiary/aromatic N) is 2. The van der Waals surface area contributed by atoms with Gasteiger partial charge in [-0.25, -0.2) is 0 Å². The number of aromatic hydroxyl groups is 1. The van der Waals surface area contributed by atoms with E-state index in [0.29, 0.717) is 17.8 Å². The van der Waals surface area contributed by atoms with Crippen LogP contribution in [-0.2, 0) is 18.3 Å². The Kier molecular flexibility index (Phi) is 4.26. The molecular formula is C21H27N3O. The molecule has 2 N–H and O–H groups in total. The molecule has 4 rings (SSSR count). The highest BCUT2D eigenvalue weighted by atomic mass is 16.3. The summed E-state index contributed by atoms with van der Waals surface area (Å²) in [4.78, 5) is 6.59. The first-order chi connectivity index (χ1) is 12.1. The van der Waals surface area contributed by atoms with Gasteiger partial charge in [-0.2, -0.15) is 0 Å². The van der Waals surface area contributed by atoms with Gasteiger partial charge in [0, 0.05) is 29.9 Å². The Balaban J connectivity index is 1.58. The third-order valence-corrected chi connectivity index (χ3v) is 6.29. The molecule has 2 bridgehead atoms. The van der Waals surface area contributed by atoms with Crippen molar-refractivity contribution in [1.29, 1.82) is 0 Å². The van der Waals surface area contributed by atoms with Crippen LogP contribution in [0, 0.1) is 0 Å². The van der Waals surface area contributed by atoms with Crippen LogP contribution in [-0.4, -0.2) is 47.2 Å². The molecule has 0 radical (unpaired) electrons. The number of phenols is 1. The molecule has 1 aliphatic carbocycles. The van der Waals surface area contributed by atoms with E-state index >= 15 is 0 Å². The Morgan fingerprint density at radius 3 is 2.88 bits per heavy atom. The lowest BCUT2D eigenvalue weighted by Gasteiger charge is -2.55. The van der Waals surface area contributed by atoms with Gasteiger partial charge in [-0.1, -0.05) is 13.0 Å². The largest absolute Gasteiger partial charge is 0.508 e. The van der Waals surface area contributed by atoms with Crippen molar-refractivity contribution in [1.82, 2.24) is 15.2 Å². The fourth-order valence-electron chi connectivity index (χ4n) is 4.77. The van der Waals surface area contributed by atoms with E-state index in [1.165, 1.54) is 16.7 Å². The minimum absolute atomic E-state index is 0.0712. The molecule has 1 unspecified atom stereocenters. The second-order valence-corrected chi connectivity index (χ2v) is 7.80. The van der Waals surface area contributed by atoms with Crippen LogP contribution in [0.25, 0.3) is 0 Å². The molecule has 0 saturated carbocycles. The van der Waals surface area contributed by atoms with Crippen molar-refractivity contribution < 1.29 is 5.11 Å². The Bertz CT molecular complexity index is 748. The average Bonchev–Trinajstić information content (AvgIpc) is 2.62. The van der Waals surface area contributed by atoms with Gasteiger partial charge in [0.2, 0.25) is 0 Å². The molecule has 1 saturated heterocycles. The lowest BCUT2D eigenvalue weighted by Crippen LogP contribution is -2.66. The summed E-state index contributed by atoms with van der Waals surface area (Å²) in [6.07, 6.45) is 6.90. The van der Waals surface area contributed by atoms with Crippen LogP contribution in [0.4, 0.5) is 0 Å². The van der Waals surface area contributed by atoms with Crippen molar-refractivity contribution >= 4 is 0 Å². The van der Waals surface area contributed by atoms with Crippen LogP contribution in [0.5, 0.6) is 5.75 Å². The number of fused-ring (bicyclic) bond motifs is 4. The standard InChI is InChI=1S/C21H27N3O/c1-21-8-12-24(2)19(13-16-3-4-17(25)14-18(16)21)20(21)23-11-7-15-5-9-22-10-6-15/h3-6,9-10,14,19-20,23,25H,7-8,11-13H2,1-2H3/t19-,20-,21?/m1/s1. The monoisotopic (exact) mass is 337 g/mol. The van der Waals surface area contributed by atoms with Crippen molar-refractivity contribution in [3.63, 3.8) is 0 Å². The zero-order valence-corrected chi connectivity index (χ0v) is 15.1. The number of pyridine rings is 1. The summed E-state index contributed by atoms with van der Waals surface area (Å²) in [5.41, 5.74) is 4.11. The summed E-state index contributed by atoms with van der Waals surface area (Å²) in [6.45, 7) is 4.44. The van der Waals surface area contributed by atoms with Gasteiger partial charge in [-0.3, -0.25) is 4.98 Å². The van der Waals surface area contributed by atoms with Crippen molar-refractivity contribution in [2.45, 2.75) is 43.7 Å². The molecule has 1 aromatic heterocycles. The Morgan fingerprint density at radius 2 is 2.08 bits per heavy atom. The number of nitrogens with one attached hydrogen (secondary N) is 1. The summed E-state index contributed by atoms with van der Waals surface area (Å²) in [5.74, 6) is 0.382. The second kappa shape index (κ2) is 6.43. The van der Waals surface area contributed by atoms with E-state index in [-0.39, 0.29) is 5.41 Å². The molecule has 2 heterocycles. The molecule has 0 spiro atoms. The number of likely N-dealkylation sites (tertiary alicyclic amines) is 1. The van der Waals surface area contributed by atoms with E-state index in [2.05, 4.69) is 47.4 Å². The Morgan fingerprint density at radius 1 is 1.28 bits per heavy atom. The van der Waals surface area contributed by atoms with Gasteiger partial charge in [0.05, 0.1) is 0 Å². The highest BCUT2D eigenvalue weighted by molar-refractivity contribution is 5.45. The maximum atomic E-state index is 10.0. The van der Waals surface area contributed by atoms with Gasteiger partial charge in [0.25, 0.3) is 0 Å². The van der Waals surface area contributed by atoms with Crippen LogP contribution in [0.1, 0.15) is 30.0 Å².